The fraction of sp³-hybridized carbons (Fsp3) is 0.107. The number of amides is 1. The first kappa shape index (κ1) is 28.2. The Morgan fingerprint density at radius 1 is 1.05 bits per heavy atom. The summed E-state index contributed by atoms with van der Waals surface area (Å²) in [6.07, 6.45) is 1.69. The second-order valence-electron chi connectivity index (χ2n) is 7.87. The Balaban J connectivity index is 1.62. The summed E-state index contributed by atoms with van der Waals surface area (Å²) in [6, 6.07) is 19.5. The number of esters is 1. The summed E-state index contributed by atoms with van der Waals surface area (Å²) in [4.78, 5) is 29.8. The van der Waals surface area contributed by atoms with Gasteiger partial charge in [-0.2, -0.15) is 0 Å². The molecule has 1 N–H and O–H groups in total. The van der Waals surface area contributed by atoms with E-state index in [4.69, 9.17) is 21.1 Å². The summed E-state index contributed by atoms with van der Waals surface area (Å²) < 4.78 is 12.4. The number of benzene rings is 3. The number of aliphatic hydroxyl groups excluding tert-OH is 1. The van der Waals surface area contributed by atoms with Gasteiger partial charge >= 0.3 is 5.97 Å². The second-order valence-corrected chi connectivity index (χ2v) is 11.0. The van der Waals surface area contributed by atoms with E-state index in [-0.39, 0.29) is 23.0 Å². The molecule has 1 aliphatic heterocycles. The molecule has 0 spiro atoms. The van der Waals surface area contributed by atoms with Crippen molar-refractivity contribution >= 4 is 78.2 Å². The SMILES string of the molecule is CCOC(=O)C1=C(O)/C(=C/c2cc(Br)c(OCc3ccc(Cl)cc3)c(Br)c2)SC1=NC(=O)c1ccccc1. The number of hydrogen-bond acceptors (Lipinski definition) is 6. The predicted octanol–water partition coefficient (Wildman–Crippen LogP) is 8.15. The first-order valence-electron chi connectivity index (χ1n) is 11.3. The molecule has 1 heterocycles. The van der Waals surface area contributed by atoms with Gasteiger partial charge in [-0.1, -0.05) is 53.7 Å². The van der Waals surface area contributed by atoms with Crippen molar-refractivity contribution in [3.8, 4) is 5.75 Å². The minimum Gasteiger partial charge on any atom is -0.506 e. The van der Waals surface area contributed by atoms with Gasteiger partial charge in [0.05, 0.1) is 20.5 Å². The van der Waals surface area contributed by atoms with Crippen molar-refractivity contribution in [3.05, 3.63) is 114 Å². The summed E-state index contributed by atoms with van der Waals surface area (Å²) in [6.45, 7) is 2.11. The van der Waals surface area contributed by atoms with Crippen LogP contribution in [0.2, 0.25) is 5.02 Å². The van der Waals surface area contributed by atoms with Crippen LogP contribution in [0.4, 0.5) is 0 Å². The molecule has 0 aliphatic carbocycles. The Hall–Kier alpha value is -2.85. The monoisotopic (exact) mass is 675 g/mol. The van der Waals surface area contributed by atoms with E-state index in [1.54, 1.807) is 55.5 Å². The third kappa shape index (κ3) is 6.77. The van der Waals surface area contributed by atoms with E-state index >= 15 is 0 Å². The van der Waals surface area contributed by atoms with Crippen LogP contribution < -0.4 is 4.74 Å². The highest BCUT2D eigenvalue weighted by molar-refractivity contribution is 9.11. The molecule has 0 bridgehead atoms. The average Bonchev–Trinajstić information content (AvgIpc) is 3.19. The maximum atomic E-state index is 12.7. The Bertz CT molecular complexity index is 1450. The van der Waals surface area contributed by atoms with Crippen molar-refractivity contribution in [2.45, 2.75) is 13.5 Å². The van der Waals surface area contributed by atoms with Crippen LogP contribution in [0, 0.1) is 0 Å². The number of ether oxygens (including phenoxy) is 2. The molecule has 0 unspecified atom stereocenters. The number of carbonyl (C=O) groups is 2. The predicted molar refractivity (Wildman–Crippen MR) is 158 cm³/mol. The Morgan fingerprint density at radius 2 is 1.71 bits per heavy atom. The number of nitrogens with zero attached hydrogens (tertiary/aromatic N) is 1. The molecule has 0 radical (unpaired) electrons. The molecule has 1 aliphatic rings. The van der Waals surface area contributed by atoms with Crippen LogP contribution in [0.15, 0.2) is 96.9 Å². The zero-order valence-electron chi connectivity index (χ0n) is 19.9. The molecule has 1 amide bonds. The molecule has 0 saturated carbocycles. The molecule has 4 rings (SSSR count). The normalized spacial score (nSPS) is 15.3. The third-order valence-electron chi connectivity index (χ3n) is 5.21. The summed E-state index contributed by atoms with van der Waals surface area (Å²) in [7, 11) is 0. The molecule has 3 aromatic carbocycles. The van der Waals surface area contributed by atoms with Crippen LogP contribution in [-0.4, -0.2) is 28.6 Å². The Kier molecular flexibility index (Phi) is 9.49. The van der Waals surface area contributed by atoms with E-state index in [0.29, 0.717) is 42.4 Å². The zero-order valence-corrected chi connectivity index (χ0v) is 24.7. The van der Waals surface area contributed by atoms with Gasteiger partial charge in [0.2, 0.25) is 0 Å². The van der Waals surface area contributed by atoms with Crippen LogP contribution in [-0.2, 0) is 16.1 Å². The molecule has 0 aromatic heterocycles. The number of halogens is 3. The Labute approximate surface area is 245 Å². The molecule has 38 heavy (non-hydrogen) atoms. The number of rotatable bonds is 7. The summed E-state index contributed by atoms with van der Waals surface area (Å²) in [5.41, 5.74) is 1.88. The van der Waals surface area contributed by atoms with E-state index in [1.165, 1.54) is 0 Å². The van der Waals surface area contributed by atoms with Crippen LogP contribution >= 0.6 is 55.2 Å². The van der Waals surface area contributed by atoms with E-state index in [0.717, 1.165) is 17.3 Å². The lowest BCUT2D eigenvalue weighted by atomic mass is 10.1. The highest BCUT2D eigenvalue weighted by Crippen LogP contribution is 2.41. The average molecular weight is 678 g/mol. The lowest BCUT2D eigenvalue weighted by Gasteiger charge is -2.12. The van der Waals surface area contributed by atoms with Crippen molar-refractivity contribution in [1.29, 1.82) is 0 Å². The molecular formula is C28H20Br2ClNO5S. The van der Waals surface area contributed by atoms with Crippen molar-refractivity contribution in [2.24, 2.45) is 4.99 Å². The van der Waals surface area contributed by atoms with Gasteiger partial charge in [0.15, 0.2) is 0 Å². The number of aliphatic imine (C=N–C) groups is 1. The van der Waals surface area contributed by atoms with Gasteiger partial charge in [-0.25, -0.2) is 9.79 Å². The van der Waals surface area contributed by atoms with Crippen molar-refractivity contribution in [3.63, 3.8) is 0 Å². The highest BCUT2D eigenvalue weighted by Gasteiger charge is 2.34. The van der Waals surface area contributed by atoms with Gasteiger partial charge in [-0.15, -0.1) is 0 Å². The largest absolute Gasteiger partial charge is 0.506 e. The number of hydrogen-bond donors (Lipinski definition) is 1. The smallest absolute Gasteiger partial charge is 0.344 e. The number of carbonyl (C=O) groups excluding carboxylic acids is 2. The maximum Gasteiger partial charge on any atom is 0.344 e. The molecular weight excluding hydrogens is 658 g/mol. The minimum atomic E-state index is -0.756. The molecule has 0 atom stereocenters. The maximum absolute atomic E-state index is 12.7. The van der Waals surface area contributed by atoms with Crippen molar-refractivity contribution < 1.29 is 24.2 Å². The van der Waals surface area contributed by atoms with Crippen LogP contribution in [0.1, 0.15) is 28.4 Å². The van der Waals surface area contributed by atoms with Crippen LogP contribution in [0.5, 0.6) is 5.75 Å². The molecule has 10 heteroatoms. The van der Waals surface area contributed by atoms with Crippen molar-refractivity contribution in [2.75, 3.05) is 6.61 Å². The first-order chi connectivity index (χ1) is 18.3. The van der Waals surface area contributed by atoms with E-state index < -0.39 is 11.9 Å². The van der Waals surface area contributed by atoms with Crippen molar-refractivity contribution in [1.82, 2.24) is 0 Å². The lowest BCUT2D eigenvalue weighted by molar-refractivity contribution is -0.138. The topological polar surface area (TPSA) is 85.2 Å². The van der Waals surface area contributed by atoms with Gasteiger partial charge in [-0.3, -0.25) is 4.79 Å². The Morgan fingerprint density at radius 3 is 2.34 bits per heavy atom. The molecule has 3 aromatic rings. The lowest BCUT2D eigenvalue weighted by Crippen LogP contribution is -2.14. The van der Waals surface area contributed by atoms with E-state index in [9.17, 15) is 14.7 Å². The van der Waals surface area contributed by atoms with Gasteiger partial charge in [0.1, 0.15) is 28.7 Å². The fourth-order valence-electron chi connectivity index (χ4n) is 3.42. The van der Waals surface area contributed by atoms with Crippen LogP contribution in [0.25, 0.3) is 6.08 Å². The highest BCUT2D eigenvalue weighted by atomic mass is 79.9. The van der Waals surface area contributed by atoms with E-state index in [2.05, 4.69) is 36.9 Å². The van der Waals surface area contributed by atoms with Gasteiger partial charge in [0, 0.05) is 10.6 Å². The summed E-state index contributed by atoms with van der Waals surface area (Å²) in [5.74, 6) is -0.988. The fourth-order valence-corrected chi connectivity index (χ4v) is 6.01. The number of aliphatic hydroxyl groups is 1. The molecule has 6 nitrogen and oxygen atoms in total. The van der Waals surface area contributed by atoms with Gasteiger partial charge < -0.3 is 14.6 Å². The first-order valence-corrected chi connectivity index (χ1v) is 14.1. The minimum absolute atomic E-state index is 0.0714. The van der Waals surface area contributed by atoms with Gasteiger partial charge in [-0.05, 0) is 92.4 Å². The van der Waals surface area contributed by atoms with E-state index in [1.807, 2.05) is 24.3 Å². The van der Waals surface area contributed by atoms with Gasteiger partial charge in [0.25, 0.3) is 5.91 Å². The van der Waals surface area contributed by atoms with Crippen LogP contribution in [0.3, 0.4) is 0 Å². The third-order valence-corrected chi connectivity index (χ3v) is 7.66. The zero-order chi connectivity index (χ0) is 27.2. The summed E-state index contributed by atoms with van der Waals surface area (Å²) in [5, 5.41) is 11.6. The summed E-state index contributed by atoms with van der Waals surface area (Å²) >= 11 is 14.1. The standard InChI is InChI=1S/C28H20Br2ClNO5S/c1-2-36-28(35)23-24(33)22(38-27(23)32-26(34)18-6-4-3-5-7-18)14-17-12-20(29)25(21(30)13-17)37-15-16-8-10-19(31)11-9-16/h3-14,33H,2,15H2,1H3/b22-14-,32-27?. The molecule has 0 saturated heterocycles. The molecule has 194 valence electrons. The molecule has 0 fully saturated rings. The number of thioether (sulfide) groups is 1. The second kappa shape index (κ2) is 12.8. The quantitative estimate of drug-likeness (QED) is 0.254.